The van der Waals surface area contributed by atoms with E-state index in [1.165, 1.54) is 18.3 Å². The summed E-state index contributed by atoms with van der Waals surface area (Å²) >= 11 is 5.73. The van der Waals surface area contributed by atoms with Gasteiger partial charge in [-0.15, -0.1) is 0 Å². The fourth-order valence-corrected chi connectivity index (χ4v) is 1.47. The molecule has 0 saturated carbocycles. The van der Waals surface area contributed by atoms with Crippen LogP contribution in [0.25, 0.3) is 11.4 Å². The fourth-order valence-electron chi connectivity index (χ4n) is 1.34. The summed E-state index contributed by atoms with van der Waals surface area (Å²) in [7, 11) is 0. The normalized spacial score (nSPS) is 10.1. The minimum Gasteiger partial charge on any atom is -0.507 e. The van der Waals surface area contributed by atoms with E-state index >= 15 is 0 Å². The lowest BCUT2D eigenvalue weighted by Gasteiger charge is -2.04. The number of benzene rings is 1. The molecular formula is C11H7ClN2O2. The zero-order valence-electron chi connectivity index (χ0n) is 8.09. The predicted molar refractivity (Wildman–Crippen MR) is 59.5 cm³/mol. The molecule has 4 nitrogen and oxygen atoms in total. The van der Waals surface area contributed by atoms with Crippen LogP contribution in [0.5, 0.6) is 5.75 Å². The minimum atomic E-state index is -0.101. The van der Waals surface area contributed by atoms with Crippen molar-refractivity contribution in [3.05, 3.63) is 41.2 Å². The molecule has 0 aliphatic rings. The van der Waals surface area contributed by atoms with Crippen molar-refractivity contribution in [3.63, 3.8) is 0 Å². The Labute approximate surface area is 96.6 Å². The van der Waals surface area contributed by atoms with Crippen molar-refractivity contribution in [3.8, 4) is 17.1 Å². The SMILES string of the molecule is O=Cc1c(O)cccc1-c1nccc(Cl)n1. The van der Waals surface area contributed by atoms with Gasteiger partial charge in [-0.05, 0) is 12.1 Å². The Morgan fingerprint density at radius 2 is 2.12 bits per heavy atom. The van der Waals surface area contributed by atoms with Gasteiger partial charge in [-0.1, -0.05) is 23.7 Å². The van der Waals surface area contributed by atoms with E-state index in [0.29, 0.717) is 17.7 Å². The Hall–Kier alpha value is -1.94. The number of halogens is 1. The van der Waals surface area contributed by atoms with Gasteiger partial charge in [0.2, 0.25) is 0 Å². The first-order valence-electron chi connectivity index (χ1n) is 4.48. The third kappa shape index (κ3) is 1.87. The summed E-state index contributed by atoms with van der Waals surface area (Å²) in [5, 5.41) is 9.78. The summed E-state index contributed by atoms with van der Waals surface area (Å²) < 4.78 is 0. The summed E-state index contributed by atoms with van der Waals surface area (Å²) in [6.07, 6.45) is 2.05. The van der Waals surface area contributed by atoms with E-state index in [1.54, 1.807) is 12.1 Å². The highest BCUT2D eigenvalue weighted by Gasteiger charge is 2.11. The molecule has 0 radical (unpaired) electrons. The van der Waals surface area contributed by atoms with Gasteiger partial charge in [0, 0.05) is 11.8 Å². The van der Waals surface area contributed by atoms with Crippen LogP contribution in [0.2, 0.25) is 5.15 Å². The maximum Gasteiger partial charge on any atom is 0.161 e. The molecule has 0 saturated heterocycles. The molecule has 0 fully saturated rings. The second-order valence-electron chi connectivity index (χ2n) is 3.06. The number of rotatable bonds is 2. The molecule has 0 aliphatic heterocycles. The van der Waals surface area contributed by atoms with Crippen molar-refractivity contribution >= 4 is 17.9 Å². The van der Waals surface area contributed by atoms with Crippen LogP contribution in [0.4, 0.5) is 0 Å². The quantitative estimate of drug-likeness (QED) is 0.640. The monoisotopic (exact) mass is 234 g/mol. The number of phenolic OH excluding ortho intramolecular Hbond substituents is 1. The van der Waals surface area contributed by atoms with Crippen LogP contribution in [0.15, 0.2) is 30.5 Å². The number of aromatic hydroxyl groups is 1. The molecule has 1 aromatic carbocycles. The zero-order chi connectivity index (χ0) is 11.5. The van der Waals surface area contributed by atoms with Crippen molar-refractivity contribution < 1.29 is 9.90 Å². The Bertz CT molecular complexity index is 543. The molecule has 1 aromatic heterocycles. The molecular weight excluding hydrogens is 228 g/mol. The molecule has 0 bridgehead atoms. The first kappa shape index (κ1) is 10.6. The average Bonchev–Trinajstić information content (AvgIpc) is 2.28. The number of hydrogen-bond donors (Lipinski definition) is 1. The van der Waals surface area contributed by atoms with Crippen molar-refractivity contribution in [1.29, 1.82) is 0 Å². The standard InChI is InChI=1S/C11H7ClN2O2/c12-10-4-5-13-11(14-10)7-2-1-3-9(16)8(7)6-15/h1-6,16H. The van der Waals surface area contributed by atoms with Crippen molar-refractivity contribution in [2.24, 2.45) is 0 Å². The van der Waals surface area contributed by atoms with Crippen LogP contribution in [0.3, 0.4) is 0 Å². The van der Waals surface area contributed by atoms with Gasteiger partial charge in [-0.25, -0.2) is 9.97 Å². The zero-order valence-corrected chi connectivity index (χ0v) is 8.85. The van der Waals surface area contributed by atoms with Gasteiger partial charge < -0.3 is 5.11 Å². The summed E-state index contributed by atoms with van der Waals surface area (Å²) in [6, 6.07) is 6.23. The molecule has 0 atom stereocenters. The Balaban J connectivity index is 2.64. The van der Waals surface area contributed by atoms with E-state index in [2.05, 4.69) is 9.97 Å². The van der Waals surface area contributed by atoms with Gasteiger partial charge in [-0.3, -0.25) is 4.79 Å². The topological polar surface area (TPSA) is 63.1 Å². The number of aldehydes is 1. The van der Waals surface area contributed by atoms with E-state index in [1.807, 2.05) is 0 Å². The first-order chi connectivity index (χ1) is 7.72. The predicted octanol–water partition coefficient (Wildman–Crippen LogP) is 2.32. The van der Waals surface area contributed by atoms with Crippen LogP contribution >= 0.6 is 11.6 Å². The molecule has 0 amide bonds. The lowest BCUT2D eigenvalue weighted by atomic mass is 10.1. The molecule has 1 heterocycles. The van der Waals surface area contributed by atoms with Gasteiger partial charge >= 0.3 is 0 Å². The number of nitrogens with zero attached hydrogens (tertiary/aromatic N) is 2. The molecule has 2 rings (SSSR count). The van der Waals surface area contributed by atoms with Crippen LogP contribution in [0.1, 0.15) is 10.4 Å². The van der Waals surface area contributed by atoms with Crippen LogP contribution in [0, 0.1) is 0 Å². The van der Waals surface area contributed by atoms with Gasteiger partial charge in [-0.2, -0.15) is 0 Å². The lowest BCUT2D eigenvalue weighted by Crippen LogP contribution is -1.93. The average molecular weight is 235 g/mol. The second-order valence-corrected chi connectivity index (χ2v) is 3.45. The molecule has 80 valence electrons. The van der Waals surface area contributed by atoms with E-state index in [4.69, 9.17) is 11.6 Å². The molecule has 16 heavy (non-hydrogen) atoms. The van der Waals surface area contributed by atoms with E-state index in [-0.39, 0.29) is 16.5 Å². The van der Waals surface area contributed by atoms with Crippen LogP contribution in [-0.4, -0.2) is 21.4 Å². The second kappa shape index (κ2) is 4.28. The molecule has 1 N–H and O–H groups in total. The third-order valence-electron chi connectivity index (χ3n) is 2.06. The van der Waals surface area contributed by atoms with E-state index < -0.39 is 0 Å². The molecule has 0 unspecified atom stereocenters. The van der Waals surface area contributed by atoms with E-state index in [0.717, 1.165) is 0 Å². The minimum absolute atomic E-state index is 0.101. The summed E-state index contributed by atoms with van der Waals surface area (Å²) in [5.41, 5.74) is 0.613. The maximum absolute atomic E-state index is 10.9. The van der Waals surface area contributed by atoms with Crippen molar-refractivity contribution in [1.82, 2.24) is 9.97 Å². The smallest absolute Gasteiger partial charge is 0.161 e. The van der Waals surface area contributed by atoms with Gasteiger partial charge in [0.15, 0.2) is 12.1 Å². The van der Waals surface area contributed by atoms with Crippen molar-refractivity contribution in [2.75, 3.05) is 0 Å². The summed E-state index contributed by atoms with van der Waals surface area (Å²) in [5.74, 6) is 0.210. The highest BCUT2D eigenvalue weighted by atomic mass is 35.5. The summed E-state index contributed by atoms with van der Waals surface area (Å²) in [4.78, 5) is 18.8. The molecule has 0 aliphatic carbocycles. The Kier molecular flexibility index (Phi) is 2.83. The number of carbonyl (C=O) groups excluding carboxylic acids is 1. The van der Waals surface area contributed by atoms with Gasteiger partial charge in [0.25, 0.3) is 0 Å². The largest absolute Gasteiger partial charge is 0.507 e. The summed E-state index contributed by atoms with van der Waals surface area (Å²) in [6.45, 7) is 0. The Morgan fingerprint density at radius 1 is 1.31 bits per heavy atom. The maximum atomic E-state index is 10.9. The van der Waals surface area contributed by atoms with Crippen LogP contribution < -0.4 is 0 Å². The van der Waals surface area contributed by atoms with E-state index in [9.17, 15) is 9.90 Å². The Morgan fingerprint density at radius 3 is 2.81 bits per heavy atom. The number of hydrogen-bond acceptors (Lipinski definition) is 4. The first-order valence-corrected chi connectivity index (χ1v) is 4.86. The molecule has 0 spiro atoms. The highest BCUT2D eigenvalue weighted by Crippen LogP contribution is 2.26. The lowest BCUT2D eigenvalue weighted by molar-refractivity contribution is 0.112. The third-order valence-corrected chi connectivity index (χ3v) is 2.27. The number of carbonyl (C=O) groups is 1. The number of aromatic nitrogens is 2. The molecule has 2 aromatic rings. The fraction of sp³-hybridized carbons (Fsp3) is 0. The van der Waals surface area contributed by atoms with Crippen molar-refractivity contribution in [2.45, 2.75) is 0 Å². The molecule has 5 heteroatoms. The van der Waals surface area contributed by atoms with Gasteiger partial charge in [0.1, 0.15) is 10.9 Å². The van der Waals surface area contributed by atoms with Gasteiger partial charge in [0.05, 0.1) is 5.56 Å². The number of phenols is 1. The van der Waals surface area contributed by atoms with Crippen LogP contribution in [-0.2, 0) is 0 Å². The highest BCUT2D eigenvalue weighted by molar-refractivity contribution is 6.29.